The molecule has 0 aliphatic carbocycles. The van der Waals surface area contributed by atoms with Gasteiger partial charge in [-0.3, -0.25) is 14.8 Å². The fraction of sp³-hybridized carbons (Fsp3) is 0.226. The fourth-order valence-corrected chi connectivity index (χ4v) is 4.04. The summed E-state index contributed by atoms with van der Waals surface area (Å²) in [7, 11) is 1.51. The average molecular weight is 593 g/mol. The highest BCUT2D eigenvalue weighted by Crippen LogP contribution is 2.37. The van der Waals surface area contributed by atoms with Crippen LogP contribution in [0, 0.1) is 11.3 Å². The third kappa shape index (κ3) is 8.17. The number of amides is 1. The van der Waals surface area contributed by atoms with Crippen molar-refractivity contribution in [2.75, 3.05) is 51.5 Å². The molecule has 11 heteroatoms. The van der Waals surface area contributed by atoms with E-state index in [9.17, 15) is 10.1 Å². The molecule has 2 aromatic heterocycles. The molecule has 2 N–H and O–H groups in total. The summed E-state index contributed by atoms with van der Waals surface area (Å²) < 4.78 is 61.7. The highest BCUT2D eigenvalue weighted by atomic mass is 35.5. The van der Waals surface area contributed by atoms with Crippen molar-refractivity contribution in [2.45, 2.75) is 6.61 Å². The number of likely N-dealkylation sites (N-methyl/N-ethyl adjacent to an activating group) is 1. The molecule has 0 bridgehead atoms. The first-order valence-electron chi connectivity index (χ1n) is 15.6. The van der Waals surface area contributed by atoms with Crippen LogP contribution in [0.1, 0.15) is 19.5 Å². The number of hydrogen-bond donors (Lipinski definition) is 2. The van der Waals surface area contributed by atoms with Crippen molar-refractivity contribution in [1.82, 2.24) is 14.9 Å². The number of nitrogens with one attached hydrogen (secondary N) is 2. The number of anilines is 3. The number of pyridine rings is 2. The number of aromatic nitrogens is 2. The Hall–Kier alpha value is -4.69. The number of halogens is 1. The largest absolute Gasteiger partial charge is 0.489 e. The molecule has 0 aliphatic heterocycles. The van der Waals surface area contributed by atoms with Gasteiger partial charge in [0.05, 0.1) is 39.8 Å². The summed E-state index contributed by atoms with van der Waals surface area (Å²) in [6, 6.07) is 15.8. The molecule has 10 nitrogen and oxygen atoms in total. The van der Waals surface area contributed by atoms with Crippen molar-refractivity contribution in [3.8, 4) is 17.6 Å². The first kappa shape index (κ1) is 22.9. The third-order valence-electron chi connectivity index (χ3n) is 5.75. The molecule has 2 aromatic carbocycles. The molecular formula is C31H31ClN6O4. The van der Waals surface area contributed by atoms with Crippen LogP contribution in [0.5, 0.6) is 11.5 Å². The van der Waals surface area contributed by atoms with Gasteiger partial charge in [-0.1, -0.05) is 23.7 Å². The van der Waals surface area contributed by atoms with Gasteiger partial charge < -0.3 is 29.7 Å². The lowest BCUT2D eigenvalue weighted by atomic mass is 10.1. The van der Waals surface area contributed by atoms with E-state index >= 15 is 0 Å². The summed E-state index contributed by atoms with van der Waals surface area (Å²) in [5.41, 5.74) is 2.49. The highest BCUT2D eigenvalue weighted by molar-refractivity contribution is 6.32. The van der Waals surface area contributed by atoms with Crippen molar-refractivity contribution in [3.63, 3.8) is 0 Å². The normalized spacial score (nSPS) is 13.8. The number of benzene rings is 2. The Labute approximate surface area is 257 Å². The lowest BCUT2D eigenvalue weighted by Gasteiger charge is -2.17. The Bertz CT molecular complexity index is 1800. The Morgan fingerprint density at radius 1 is 1.14 bits per heavy atom. The molecule has 42 heavy (non-hydrogen) atoms. The lowest BCUT2D eigenvalue weighted by Crippen LogP contribution is -2.14. The average Bonchev–Trinajstić information content (AvgIpc) is 3.02. The molecule has 0 saturated carbocycles. The van der Waals surface area contributed by atoms with Gasteiger partial charge in [0.15, 0.2) is 0 Å². The number of rotatable bonds is 13. The zero-order valence-corrected chi connectivity index (χ0v) is 23.3. The Morgan fingerprint density at radius 2 is 2.02 bits per heavy atom. The SMILES string of the molecule is [2H]C([2H])([2H])N(CC=CC(=O)Nc1cc2c(Nc3ccc(OCc4ccccn4)c(Cl)c3)c(C#N)cnc2cc1OCCOC)C([2H])([2H])[2H]. The fourth-order valence-electron chi connectivity index (χ4n) is 3.81. The summed E-state index contributed by atoms with van der Waals surface area (Å²) in [6.07, 6.45) is 5.23. The van der Waals surface area contributed by atoms with E-state index in [1.807, 2.05) is 18.2 Å². The molecule has 0 fully saturated rings. The van der Waals surface area contributed by atoms with Gasteiger partial charge in [0, 0.05) is 57.5 Å². The van der Waals surface area contributed by atoms with Crippen LogP contribution in [0.25, 0.3) is 10.9 Å². The van der Waals surface area contributed by atoms with E-state index in [1.165, 1.54) is 13.3 Å². The van der Waals surface area contributed by atoms with E-state index in [2.05, 4.69) is 26.7 Å². The smallest absolute Gasteiger partial charge is 0.248 e. The van der Waals surface area contributed by atoms with E-state index in [1.54, 1.807) is 36.5 Å². The number of carbonyl (C=O) groups excluding carboxylic acids is 1. The second kappa shape index (κ2) is 14.8. The minimum Gasteiger partial charge on any atom is -0.489 e. The zero-order valence-electron chi connectivity index (χ0n) is 28.6. The van der Waals surface area contributed by atoms with Crippen LogP contribution in [0.2, 0.25) is 5.02 Å². The maximum Gasteiger partial charge on any atom is 0.248 e. The molecule has 4 aromatic rings. The summed E-state index contributed by atoms with van der Waals surface area (Å²) >= 11 is 6.52. The molecule has 0 radical (unpaired) electrons. The Balaban J connectivity index is 1.63. The van der Waals surface area contributed by atoms with Crippen LogP contribution < -0.4 is 20.1 Å². The number of nitriles is 1. The van der Waals surface area contributed by atoms with Crippen molar-refractivity contribution in [3.05, 3.63) is 89.4 Å². The number of ether oxygens (including phenoxy) is 3. The van der Waals surface area contributed by atoms with Crippen LogP contribution in [0.4, 0.5) is 17.1 Å². The van der Waals surface area contributed by atoms with Gasteiger partial charge in [-0.15, -0.1) is 0 Å². The van der Waals surface area contributed by atoms with Gasteiger partial charge in [0.1, 0.15) is 30.8 Å². The predicted molar refractivity (Wildman–Crippen MR) is 163 cm³/mol. The third-order valence-corrected chi connectivity index (χ3v) is 6.05. The summed E-state index contributed by atoms with van der Waals surface area (Å²) in [5.74, 6) is -0.00723. The van der Waals surface area contributed by atoms with Gasteiger partial charge in [0.2, 0.25) is 5.91 Å². The molecule has 0 saturated heterocycles. The molecular weight excluding hydrogens is 556 g/mol. The van der Waals surface area contributed by atoms with E-state index in [4.69, 9.17) is 34.0 Å². The van der Waals surface area contributed by atoms with Crippen LogP contribution >= 0.6 is 11.6 Å². The molecule has 0 atom stereocenters. The van der Waals surface area contributed by atoms with Crippen molar-refractivity contribution >= 4 is 45.5 Å². The predicted octanol–water partition coefficient (Wildman–Crippen LogP) is 5.56. The van der Waals surface area contributed by atoms with Crippen LogP contribution in [-0.2, 0) is 16.1 Å². The summed E-state index contributed by atoms with van der Waals surface area (Å²) in [5, 5.41) is 16.6. The van der Waals surface area contributed by atoms with Gasteiger partial charge in [-0.05, 0) is 50.3 Å². The number of methoxy groups -OCH3 is 1. The van der Waals surface area contributed by atoms with E-state index in [0.717, 1.165) is 17.8 Å². The number of hydrogen-bond acceptors (Lipinski definition) is 9. The first-order valence-corrected chi connectivity index (χ1v) is 13.0. The van der Waals surface area contributed by atoms with Gasteiger partial charge in [-0.25, -0.2) is 0 Å². The number of carbonyl (C=O) groups is 1. The first-order chi connectivity index (χ1) is 22.8. The number of nitrogens with zero attached hydrogens (tertiary/aromatic N) is 4. The van der Waals surface area contributed by atoms with E-state index in [-0.39, 0.29) is 36.8 Å². The topological polar surface area (TPSA) is 122 Å². The maximum atomic E-state index is 12.9. The number of fused-ring (bicyclic) bond motifs is 1. The molecule has 0 spiro atoms. The van der Waals surface area contributed by atoms with Gasteiger partial charge in [-0.2, -0.15) is 5.26 Å². The molecule has 1 amide bonds. The Morgan fingerprint density at radius 3 is 2.76 bits per heavy atom. The molecule has 0 unspecified atom stereocenters. The van der Waals surface area contributed by atoms with Crippen molar-refractivity contribution in [1.29, 1.82) is 5.26 Å². The zero-order chi connectivity index (χ0) is 34.9. The molecule has 2 heterocycles. The van der Waals surface area contributed by atoms with E-state index < -0.39 is 26.4 Å². The monoisotopic (exact) mass is 592 g/mol. The van der Waals surface area contributed by atoms with Crippen LogP contribution in [-0.4, -0.2) is 61.6 Å². The minimum absolute atomic E-state index is 0.140. The van der Waals surface area contributed by atoms with Crippen LogP contribution in [0.3, 0.4) is 0 Å². The van der Waals surface area contributed by atoms with Crippen molar-refractivity contribution < 1.29 is 27.2 Å². The molecule has 0 aliphatic rings. The standard InChI is InChI=1S/C31H31ClN6O4/c1-38(2)12-6-8-30(39)37-27-16-24-26(17-29(27)41-14-13-40-3)35-19-21(18-33)31(24)36-22-9-10-28(25(32)15-22)42-20-23-7-4-5-11-34-23/h4-11,15-17,19H,12-14,20H2,1-3H3,(H,35,36)(H,37,39)/i1D3,2D3. The van der Waals surface area contributed by atoms with Crippen molar-refractivity contribution in [2.24, 2.45) is 0 Å². The van der Waals surface area contributed by atoms with E-state index in [0.29, 0.717) is 37.9 Å². The van der Waals surface area contributed by atoms with Crippen LogP contribution in [0.15, 0.2) is 73.1 Å². The second-order valence-electron chi connectivity index (χ2n) is 8.75. The quantitative estimate of drug-likeness (QED) is 0.152. The maximum absolute atomic E-state index is 12.9. The summed E-state index contributed by atoms with van der Waals surface area (Å²) in [6.45, 7) is -5.73. The molecule has 4 rings (SSSR count). The highest BCUT2D eigenvalue weighted by Gasteiger charge is 2.16. The molecule has 216 valence electrons. The van der Waals surface area contributed by atoms with Gasteiger partial charge >= 0.3 is 0 Å². The minimum atomic E-state index is -2.90. The lowest BCUT2D eigenvalue weighted by molar-refractivity contribution is -0.111. The second-order valence-corrected chi connectivity index (χ2v) is 9.15. The Kier molecular flexibility index (Phi) is 8.08. The van der Waals surface area contributed by atoms with Gasteiger partial charge in [0.25, 0.3) is 0 Å². The summed E-state index contributed by atoms with van der Waals surface area (Å²) in [4.78, 5) is 21.9.